The molecule has 1 heterocycles. The molecule has 0 bridgehead atoms. The highest BCUT2D eigenvalue weighted by molar-refractivity contribution is 9.10. The Kier molecular flexibility index (Phi) is 4.88. The molecule has 2 atom stereocenters. The van der Waals surface area contributed by atoms with Crippen molar-refractivity contribution in [2.45, 2.75) is 25.8 Å². The number of aliphatic carboxylic acids is 1. The molecule has 0 radical (unpaired) electrons. The van der Waals surface area contributed by atoms with Gasteiger partial charge in [0.05, 0.1) is 23.5 Å². The third-order valence-corrected chi connectivity index (χ3v) is 4.50. The summed E-state index contributed by atoms with van der Waals surface area (Å²) in [6.07, 6.45) is 0.664. The van der Waals surface area contributed by atoms with Crippen LogP contribution in [0.1, 0.15) is 31.4 Å². The summed E-state index contributed by atoms with van der Waals surface area (Å²) >= 11 is 3.41. The molecule has 0 aliphatic carbocycles. The molecule has 0 aromatic heterocycles. The van der Waals surface area contributed by atoms with Gasteiger partial charge in [-0.15, -0.1) is 0 Å². The van der Waals surface area contributed by atoms with Gasteiger partial charge in [0, 0.05) is 13.0 Å². The minimum Gasteiger partial charge on any atom is -0.496 e. The van der Waals surface area contributed by atoms with Gasteiger partial charge in [0.1, 0.15) is 5.75 Å². The van der Waals surface area contributed by atoms with Crippen molar-refractivity contribution in [1.29, 1.82) is 0 Å². The van der Waals surface area contributed by atoms with Crippen molar-refractivity contribution in [3.05, 3.63) is 28.2 Å². The van der Waals surface area contributed by atoms with E-state index in [0.29, 0.717) is 25.1 Å². The molecule has 1 fully saturated rings. The van der Waals surface area contributed by atoms with E-state index in [-0.39, 0.29) is 5.91 Å². The van der Waals surface area contributed by atoms with Crippen molar-refractivity contribution in [3.8, 4) is 5.75 Å². The zero-order chi connectivity index (χ0) is 15.6. The number of ether oxygens (including phenoxy) is 1. The number of carbonyl (C=O) groups excluding carboxylic acids is 1. The Bertz CT molecular complexity index is 559. The van der Waals surface area contributed by atoms with Gasteiger partial charge in [-0.1, -0.05) is 6.07 Å². The van der Waals surface area contributed by atoms with Crippen LogP contribution in [-0.2, 0) is 9.59 Å². The average Bonchev–Trinajstić information content (AvgIpc) is 2.46. The third kappa shape index (κ3) is 3.05. The van der Waals surface area contributed by atoms with E-state index >= 15 is 0 Å². The number of carboxylic acid groups (broad SMARTS) is 1. The van der Waals surface area contributed by atoms with E-state index in [2.05, 4.69) is 15.9 Å². The Morgan fingerprint density at radius 1 is 1.52 bits per heavy atom. The summed E-state index contributed by atoms with van der Waals surface area (Å²) in [6.45, 7) is 2.37. The molecule has 2 unspecified atom stereocenters. The maximum absolute atomic E-state index is 12.1. The van der Waals surface area contributed by atoms with Crippen LogP contribution in [0.2, 0.25) is 0 Å². The van der Waals surface area contributed by atoms with E-state index < -0.39 is 17.9 Å². The predicted molar refractivity (Wildman–Crippen MR) is 81.2 cm³/mol. The molecule has 114 valence electrons. The van der Waals surface area contributed by atoms with Gasteiger partial charge in [-0.3, -0.25) is 9.59 Å². The van der Waals surface area contributed by atoms with Crippen LogP contribution >= 0.6 is 15.9 Å². The van der Waals surface area contributed by atoms with Crippen LogP contribution in [0, 0.1) is 5.92 Å². The van der Waals surface area contributed by atoms with E-state index in [1.165, 1.54) is 0 Å². The molecule has 1 aliphatic heterocycles. The van der Waals surface area contributed by atoms with Crippen LogP contribution in [0.25, 0.3) is 0 Å². The van der Waals surface area contributed by atoms with Gasteiger partial charge < -0.3 is 14.7 Å². The SMILES string of the molecule is CCN1C(=O)CCC(C(=O)O)C1c1ccc(OC)c(Br)c1. The number of carboxylic acids is 1. The van der Waals surface area contributed by atoms with E-state index in [1.807, 2.05) is 19.1 Å². The second kappa shape index (κ2) is 6.47. The lowest BCUT2D eigenvalue weighted by Gasteiger charge is -2.39. The molecule has 1 aromatic carbocycles. The first-order chi connectivity index (χ1) is 9.99. The number of carbonyl (C=O) groups is 2. The molecule has 1 saturated heterocycles. The topological polar surface area (TPSA) is 66.8 Å². The molecule has 1 amide bonds. The largest absolute Gasteiger partial charge is 0.496 e. The summed E-state index contributed by atoms with van der Waals surface area (Å²) in [7, 11) is 1.57. The number of hydrogen-bond donors (Lipinski definition) is 1. The van der Waals surface area contributed by atoms with Crippen LogP contribution in [-0.4, -0.2) is 35.5 Å². The maximum atomic E-state index is 12.1. The number of rotatable bonds is 4. The fourth-order valence-electron chi connectivity index (χ4n) is 2.86. The molecular formula is C15H18BrNO4. The lowest BCUT2D eigenvalue weighted by Crippen LogP contribution is -2.45. The first-order valence-corrected chi connectivity index (χ1v) is 7.64. The molecule has 1 aliphatic rings. The fraction of sp³-hybridized carbons (Fsp3) is 0.467. The van der Waals surface area contributed by atoms with Crippen LogP contribution in [0.5, 0.6) is 5.75 Å². The Balaban J connectivity index is 2.45. The van der Waals surface area contributed by atoms with Crippen molar-refractivity contribution < 1.29 is 19.4 Å². The summed E-state index contributed by atoms with van der Waals surface area (Å²) in [5.74, 6) is -0.761. The number of methoxy groups -OCH3 is 1. The Morgan fingerprint density at radius 2 is 2.24 bits per heavy atom. The second-order valence-corrected chi connectivity index (χ2v) is 5.86. The molecular weight excluding hydrogens is 338 g/mol. The highest BCUT2D eigenvalue weighted by Gasteiger charge is 2.40. The summed E-state index contributed by atoms with van der Waals surface area (Å²) in [5, 5.41) is 9.47. The molecule has 0 saturated carbocycles. The van der Waals surface area contributed by atoms with Gasteiger partial charge in [-0.2, -0.15) is 0 Å². The molecule has 6 heteroatoms. The first kappa shape index (κ1) is 15.8. The third-order valence-electron chi connectivity index (χ3n) is 3.88. The molecule has 2 rings (SSSR count). The summed E-state index contributed by atoms with van der Waals surface area (Å²) < 4.78 is 5.94. The standard InChI is InChI=1S/C15H18BrNO4/c1-3-17-13(18)7-5-10(15(19)20)14(17)9-4-6-12(21-2)11(16)8-9/h4,6,8,10,14H,3,5,7H2,1-2H3,(H,19,20). The molecule has 1 N–H and O–H groups in total. The number of benzene rings is 1. The maximum Gasteiger partial charge on any atom is 0.308 e. The van der Waals surface area contributed by atoms with Gasteiger partial charge in [-0.05, 0) is 47.0 Å². The number of nitrogens with zero attached hydrogens (tertiary/aromatic N) is 1. The molecule has 1 aromatic rings. The van der Waals surface area contributed by atoms with Gasteiger partial charge in [0.2, 0.25) is 5.91 Å². The Morgan fingerprint density at radius 3 is 2.76 bits per heavy atom. The lowest BCUT2D eigenvalue weighted by molar-refractivity contribution is -0.151. The van der Waals surface area contributed by atoms with Crippen molar-refractivity contribution in [2.75, 3.05) is 13.7 Å². The molecule has 21 heavy (non-hydrogen) atoms. The zero-order valence-electron chi connectivity index (χ0n) is 12.0. The van der Waals surface area contributed by atoms with E-state index in [1.54, 1.807) is 18.1 Å². The number of likely N-dealkylation sites (tertiary alicyclic amines) is 1. The normalized spacial score (nSPS) is 22.2. The number of piperidine rings is 1. The molecule has 0 spiro atoms. The van der Waals surface area contributed by atoms with E-state index in [9.17, 15) is 14.7 Å². The van der Waals surface area contributed by atoms with Crippen LogP contribution in [0.3, 0.4) is 0 Å². The summed E-state index contributed by atoms with van der Waals surface area (Å²) in [5.41, 5.74) is 0.810. The van der Waals surface area contributed by atoms with Gasteiger partial charge in [0.25, 0.3) is 0 Å². The van der Waals surface area contributed by atoms with Crippen LogP contribution in [0.4, 0.5) is 0 Å². The van der Waals surface area contributed by atoms with Crippen molar-refractivity contribution in [2.24, 2.45) is 5.92 Å². The van der Waals surface area contributed by atoms with Crippen molar-refractivity contribution in [3.63, 3.8) is 0 Å². The van der Waals surface area contributed by atoms with Gasteiger partial charge >= 0.3 is 5.97 Å². The fourth-order valence-corrected chi connectivity index (χ4v) is 3.42. The quantitative estimate of drug-likeness (QED) is 0.901. The predicted octanol–water partition coefficient (Wildman–Crippen LogP) is 2.84. The average molecular weight is 356 g/mol. The smallest absolute Gasteiger partial charge is 0.308 e. The van der Waals surface area contributed by atoms with E-state index in [4.69, 9.17) is 4.74 Å². The van der Waals surface area contributed by atoms with Crippen molar-refractivity contribution >= 4 is 27.8 Å². The van der Waals surface area contributed by atoms with Gasteiger partial charge in [-0.25, -0.2) is 0 Å². The van der Waals surface area contributed by atoms with Crippen LogP contribution in [0.15, 0.2) is 22.7 Å². The minimum absolute atomic E-state index is 0.00643. The van der Waals surface area contributed by atoms with Gasteiger partial charge in [0.15, 0.2) is 0 Å². The Hall–Kier alpha value is -1.56. The summed E-state index contributed by atoms with van der Waals surface area (Å²) in [4.78, 5) is 25.3. The zero-order valence-corrected chi connectivity index (χ0v) is 13.6. The second-order valence-electron chi connectivity index (χ2n) is 5.00. The number of amides is 1. The number of hydrogen-bond acceptors (Lipinski definition) is 3. The Labute approximate surface area is 132 Å². The highest BCUT2D eigenvalue weighted by Crippen LogP contribution is 2.39. The lowest BCUT2D eigenvalue weighted by atomic mass is 9.84. The monoisotopic (exact) mass is 355 g/mol. The van der Waals surface area contributed by atoms with E-state index in [0.717, 1.165) is 10.0 Å². The van der Waals surface area contributed by atoms with Crippen LogP contribution < -0.4 is 4.74 Å². The highest BCUT2D eigenvalue weighted by atomic mass is 79.9. The van der Waals surface area contributed by atoms with Crippen molar-refractivity contribution in [1.82, 2.24) is 4.90 Å². The summed E-state index contributed by atoms with van der Waals surface area (Å²) in [6, 6.07) is 5.01. The first-order valence-electron chi connectivity index (χ1n) is 6.85. The number of halogens is 1. The molecule has 5 nitrogen and oxygen atoms in total. The minimum atomic E-state index is -0.863.